The molecule has 0 unspecified atom stereocenters. The molecular formula is C15H13F3N2O2S. The third-order valence-electron chi connectivity index (χ3n) is 3.70. The summed E-state index contributed by atoms with van der Waals surface area (Å²) in [5.41, 5.74) is -0.0690. The van der Waals surface area contributed by atoms with Crippen LogP contribution in [0.25, 0.3) is 0 Å². The summed E-state index contributed by atoms with van der Waals surface area (Å²) in [4.78, 5) is 15.5. The number of carbonyl (C=O) groups is 1. The fraction of sp³-hybridized carbons (Fsp3) is 0.333. The number of hydrogen-bond donors (Lipinski definition) is 1. The standard InChI is InChI=1S/C15H13F3N2O2S/c1-19-13(21)14(5-6-14)10-3-2-4-12(20-10)22-9-7-11(23-8-9)15(16,17)18/h2-4,7-8H,5-6H2,1H3,(H,19,21). The van der Waals surface area contributed by atoms with E-state index in [9.17, 15) is 18.0 Å². The molecule has 8 heteroatoms. The van der Waals surface area contributed by atoms with Crippen LogP contribution in [0.4, 0.5) is 13.2 Å². The number of hydrogen-bond acceptors (Lipinski definition) is 4. The molecule has 23 heavy (non-hydrogen) atoms. The lowest BCUT2D eigenvalue weighted by Gasteiger charge is -2.13. The van der Waals surface area contributed by atoms with Crippen molar-refractivity contribution in [3.05, 3.63) is 40.2 Å². The molecule has 2 aromatic rings. The molecule has 122 valence electrons. The van der Waals surface area contributed by atoms with Crippen molar-refractivity contribution in [2.45, 2.75) is 24.4 Å². The third kappa shape index (κ3) is 3.03. The second-order valence-electron chi connectivity index (χ2n) is 5.27. The Morgan fingerprint density at radius 2 is 2.13 bits per heavy atom. The van der Waals surface area contributed by atoms with Gasteiger partial charge in [-0.1, -0.05) is 6.07 Å². The van der Waals surface area contributed by atoms with Gasteiger partial charge in [0.25, 0.3) is 0 Å². The Balaban J connectivity index is 1.81. The van der Waals surface area contributed by atoms with Crippen LogP contribution in [0, 0.1) is 0 Å². The maximum absolute atomic E-state index is 12.6. The molecule has 3 rings (SSSR count). The molecule has 1 aliphatic rings. The average molecular weight is 342 g/mol. The molecule has 2 aromatic heterocycles. The maximum atomic E-state index is 12.6. The second-order valence-corrected chi connectivity index (χ2v) is 6.18. The molecule has 0 atom stereocenters. The van der Waals surface area contributed by atoms with Crippen molar-refractivity contribution in [1.29, 1.82) is 0 Å². The molecule has 1 aliphatic carbocycles. The second kappa shape index (κ2) is 5.52. The van der Waals surface area contributed by atoms with E-state index in [1.54, 1.807) is 25.2 Å². The van der Waals surface area contributed by atoms with E-state index >= 15 is 0 Å². The van der Waals surface area contributed by atoms with Crippen LogP contribution < -0.4 is 10.1 Å². The summed E-state index contributed by atoms with van der Waals surface area (Å²) in [6.45, 7) is 0. The van der Waals surface area contributed by atoms with Crippen molar-refractivity contribution in [1.82, 2.24) is 10.3 Å². The van der Waals surface area contributed by atoms with E-state index in [4.69, 9.17) is 4.74 Å². The van der Waals surface area contributed by atoms with Crippen LogP contribution in [0.2, 0.25) is 0 Å². The summed E-state index contributed by atoms with van der Waals surface area (Å²) in [6.07, 6.45) is -3.00. The molecule has 4 nitrogen and oxygen atoms in total. The van der Waals surface area contributed by atoms with E-state index < -0.39 is 16.5 Å². The summed E-state index contributed by atoms with van der Waals surface area (Å²) in [5, 5.41) is 3.89. The Bertz CT molecular complexity index is 738. The van der Waals surface area contributed by atoms with E-state index in [1.165, 1.54) is 5.38 Å². The van der Waals surface area contributed by atoms with Gasteiger partial charge in [-0.15, -0.1) is 11.3 Å². The van der Waals surface area contributed by atoms with Gasteiger partial charge in [0, 0.05) is 24.6 Å². The van der Waals surface area contributed by atoms with Crippen LogP contribution >= 0.6 is 11.3 Å². The normalized spacial score (nSPS) is 16.0. The number of amides is 1. The van der Waals surface area contributed by atoms with Crippen LogP contribution in [0.1, 0.15) is 23.4 Å². The fourth-order valence-corrected chi connectivity index (χ4v) is 3.02. The number of nitrogens with one attached hydrogen (secondary N) is 1. The van der Waals surface area contributed by atoms with Gasteiger partial charge in [0.1, 0.15) is 10.6 Å². The summed E-state index contributed by atoms with van der Waals surface area (Å²) >= 11 is 0.564. The van der Waals surface area contributed by atoms with Gasteiger partial charge in [-0.3, -0.25) is 4.79 Å². The summed E-state index contributed by atoms with van der Waals surface area (Å²) in [5.74, 6) is 0.137. The highest BCUT2D eigenvalue weighted by molar-refractivity contribution is 7.10. The molecule has 1 amide bonds. The molecule has 1 N–H and O–H groups in total. The molecule has 0 aromatic carbocycles. The lowest BCUT2D eigenvalue weighted by molar-refractivity contribution is -0.134. The molecule has 0 saturated heterocycles. The van der Waals surface area contributed by atoms with Crippen LogP contribution in [-0.4, -0.2) is 17.9 Å². The average Bonchev–Trinajstić information content (AvgIpc) is 3.19. The highest BCUT2D eigenvalue weighted by Gasteiger charge is 2.52. The van der Waals surface area contributed by atoms with Crippen LogP contribution in [0.5, 0.6) is 11.6 Å². The van der Waals surface area contributed by atoms with Gasteiger partial charge in [0.2, 0.25) is 11.8 Å². The van der Waals surface area contributed by atoms with E-state index in [0.29, 0.717) is 29.9 Å². The Kier molecular flexibility index (Phi) is 3.79. The number of aromatic nitrogens is 1. The number of halogens is 3. The summed E-state index contributed by atoms with van der Waals surface area (Å²) in [7, 11) is 1.56. The number of pyridine rings is 1. The third-order valence-corrected chi connectivity index (χ3v) is 4.66. The highest BCUT2D eigenvalue weighted by Crippen LogP contribution is 2.48. The van der Waals surface area contributed by atoms with E-state index in [-0.39, 0.29) is 17.5 Å². The SMILES string of the molecule is CNC(=O)C1(c2cccc(Oc3csc(C(F)(F)F)c3)n2)CC1. The maximum Gasteiger partial charge on any atom is 0.425 e. The zero-order valence-corrected chi connectivity index (χ0v) is 12.9. The molecule has 0 spiro atoms. The number of likely N-dealkylation sites (N-methyl/N-ethyl adjacent to an activating group) is 1. The molecule has 1 fully saturated rings. The predicted octanol–water partition coefficient (Wildman–Crippen LogP) is 3.73. The van der Waals surface area contributed by atoms with Crippen molar-refractivity contribution in [3.63, 3.8) is 0 Å². The van der Waals surface area contributed by atoms with Crippen molar-refractivity contribution in [2.75, 3.05) is 7.05 Å². The first-order valence-corrected chi connectivity index (χ1v) is 7.76. The Morgan fingerprint density at radius 3 is 2.70 bits per heavy atom. The van der Waals surface area contributed by atoms with E-state index in [2.05, 4.69) is 10.3 Å². The topological polar surface area (TPSA) is 51.2 Å². The minimum absolute atomic E-state index is 0.0803. The van der Waals surface area contributed by atoms with Gasteiger partial charge in [-0.05, 0) is 18.9 Å². The number of thiophene rings is 1. The van der Waals surface area contributed by atoms with Crippen LogP contribution in [0.3, 0.4) is 0 Å². The Hall–Kier alpha value is -2.09. The van der Waals surface area contributed by atoms with Gasteiger partial charge in [-0.2, -0.15) is 13.2 Å². The largest absolute Gasteiger partial charge is 0.438 e. The quantitative estimate of drug-likeness (QED) is 0.921. The predicted molar refractivity (Wildman–Crippen MR) is 78.6 cm³/mol. The minimum atomic E-state index is -4.39. The molecule has 0 radical (unpaired) electrons. The van der Waals surface area contributed by atoms with Crippen molar-refractivity contribution in [2.24, 2.45) is 0 Å². The lowest BCUT2D eigenvalue weighted by Crippen LogP contribution is -2.32. The van der Waals surface area contributed by atoms with Gasteiger partial charge < -0.3 is 10.1 Å². The Labute approximate surface area is 134 Å². The number of rotatable bonds is 4. The number of carbonyl (C=O) groups excluding carboxylic acids is 1. The summed E-state index contributed by atoms with van der Waals surface area (Å²) < 4.78 is 43.2. The molecular weight excluding hydrogens is 329 g/mol. The lowest BCUT2D eigenvalue weighted by atomic mass is 10.0. The Morgan fingerprint density at radius 1 is 1.39 bits per heavy atom. The van der Waals surface area contributed by atoms with Gasteiger partial charge in [0.05, 0.1) is 11.1 Å². The zero-order valence-electron chi connectivity index (χ0n) is 12.1. The molecule has 0 aliphatic heterocycles. The number of ether oxygens (including phenoxy) is 1. The molecule has 2 heterocycles. The number of alkyl halides is 3. The smallest absolute Gasteiger partial charge is 0.425 e. The molecule has 1 saturated carbocycles. The highest BCUT2D eigenvalue weighted by atomic mass is 32.1. The van der Waals surface area contributed by atoms with Gasteiger partial charge in [-0.25, -0.2) is 4.98 Å². The minimum Gasteiger partial charge on any atom is -0.438 e. The van der Waals surface area contributed by atoms with E-state index in [0.717, 1.165) is 6.07 Å². The van der Waals surface area contributed by atoms with E-state index in [1.807, 2.05) is 0 Å². The summed E-state index contributed by atoms with van der Waals surface area (Å²) in [6, 6.07) is 5.89. The van der Waals surface area contributed by atoms with Crippen molar-refractivity contribution < 1.29 is 22.7 Å². The fourth-order valence-electron chi connectivity index (χ4n) is 2.34. The first kappa shape index (κ1) is 15.8. The zero-order chi connectivity index (χ0) is 16.7. The van der Waals surface area contributed by atoms with Crippen molar-refractivity contribution in [3.8, 4) is 11.6 Å². The number of nitrogens with zero attached hydrogens (tertiary/aromatic N) is 1. The van der Waals surface area contributed by atoms with Crippen LogP contribution in [0.15, 0.2) is 29.6 Å². The molecule has 0 bridgehead atoms. The first-order chi connectivity index (χ1) is 10.8. The van der Waals surface area contributed by atoms with Gasteiger partial charge >= 0.3 is 6.18 Å². The van der Waals surface area contributed by atoms with Crippen LogP contribution in [-0.2, 0) is 16.4 Å². The first-order valence-electron chi connectivity index (χ1n) is 6.88. The monoisotopic (exact) mass is 342 g/mol. The van der Waals surface area contributed by atoms with Gasteiger partial charge in [0.15, 0.2) is 0 Å². The van der Waals surface area contributed by atoms with Crippen molar-refractivity contribution >= 4 is 17.2 Å².